The Balaban J connectivity index is 2.98. The first kappa shape index (κ1) is 14.0. The second-order valence-electron chi connectivity index (χ2n) is 4.55. The number of aliphatic hydroxyl groups is 1. The van der Waals surface area contributed by atoms with Crippen molar-refractivity contribution in [3.63, 3.8) is 0 Å². The van der Waals surface area contributed by atoms with Crippen molar-refractivity contribution in [3.8, 4) is 0 Å². The molecule has 0 aliphatic carbocycles. The largest absolute Gasteiger partial charge is 0.416 e. The Morgan fingerprint density at radius 3 is 2.24 bits per heavy atom. The normalized spacial score (nSPS) is 15.7. The second-order valence-corrected chi connectivity index (χ2v) is 4.55. The molecule has 0 aliphatic rings. The fraction of sp³-hybridized carbons (Fsp3) is 0.538. The standard InChI is InChI=1S/C13H17F3O/c1-8(6-10(3)17)12-5-4-11(7-9(12)2)13(14,15)16/h4-5,7-8,10,17H,6H2,1-3H3. The molecule has 0 saturated carbocycles. The van der Waals surface area contributed by atoms with Crippen molar-refractivity contribution < 1.29 is 18.3 Å². The minimum atomic E-state index is -4.29. The molecule has 1 N–H and O–H groups in total. The molecule has 2 unspecified atom stereocenters. The predicted octanol–water partition coefficient (Wildman–Crippen LogP) is 3.89. The fourth-order valence-corrected chi connectivity index (χ4v) is 2.04. The van der Waals surface area contributed by atoms with Gasteiger partial charge in [-0.3, -0.25) is 0 Å². The van der Waals surface area contributed by atoms with Crippen LogP contribution in [0, 0.1) is 6.92 Å². The first-order valence-corrected chi connectivity index (χ1v) is 5.57. The summed E-state index contributed by atoms with van der Waals surface area (Å²) in [6.07, 6.45) is -4.20. The van der Waals surface area contributed by atoms with Crippen LogP contribution in [0.15, 0.2) is 18.2 Å². The lowest BCUT2D eigenvalue weighted by Gasteiger charge is -2.17. The summed E-state index contributed by atoms with van der Waals surface area (Å²) in [5.41, 5.74) is 0.856. The third kappa shape index (κ3) is 3.73. The fourth-order valence-electron chi connectivity index (χ4n) is 2.04. The number of halogens is 3. The summed E-state index contributed by atoms with van der Waals surface area (Å²) >= 11 is 0. The van der Waals surface area contributed by atoms with Gasteiger partial charge in [-0.05, 0) is 49.4 Å². The van der Waals surface area contributed by atoms with Gasteiger partial charge in [0, 0.05) is 0 Å². The number of rotatable bonds is 3. The molecule has 96 valence electrons. The lowest BCUT2D eigenvalue weighted by Crippen LogP contribution is -2.09. The number of aryl methyl sites for hydroxylation is 1. The van der Waals surface area contributed by atoms with E-state index in [-0.39, 0.29) is 5.92 Å². The molecule has 0 spiro atoms. The average molecular weight is 246 g/mol. The zero-order valence-electron chi connectivity index (χ0n) is 10.2. The van der Waals surface area contributed by atoms with Gasteiger partial charge in [0.25, 0.3) is 0 Å². The molecule has 1 aromatic rings. The summed E-state index contributed by atoms with van der Waals surface area (Å²) in [7, 11) is 0. The highest BCUT2D eigenvalue weighted by molar-refractivity contribution is 5.34. The highest BCUT2D eigenvalue weighted by Gasteiger charge is 2.30. The molecule has 0 aromatic heterocycles. The maximum Gasteiger partial charge on any atom is 0.416 e. The molecule has 0 radical (unpaired) electrons. The zero-order chi connectivity index (χ0) is 13.2. The minimum absolute atomic E-state index is 0.0530. The van der Waals surface area contributed by atoms with E-state index in [1.54, 1.807) is 13.8 Å². The van der Waals surface area contributed by atoms with E-state index in [0.717, 1.165) is 17.7 Å². The van der Waals surface area contributed by atoms with E-state index in [0.29, 0.717) is 12.0 Å². The SMILES string of the molecule is Cc1cc(C(F)(F)F)ccc1C(C)CC(C)O. The number of alkyl halides is 3. The Labute approximate surface area is 99.3 Å². The number of benzene rings is 1. The van der Waals surface area contributed by atoms with Crippen LogP contribution in [-0.2, 0) is 6.18 Å². The van der Waals surface area contributed by atoms with Gasteiger partial charge in [-0.2, -0.15) is 13.2 Å². The highest BCUT2D eigenvalue weighted by atomic mass is 19.4. The lowest BCUT2D eigenvalue weighted by atomic mass is 9.91. The minimum Gasteiger partial charge on any atom is -0.393 e. The van der Waals surface area contributed by atoms with Crippen LogP contribution in [-0.4, -0.2) is 11.2 Å². The molecule has 0 fully saturated rings. The summed E-state index contributed by atoms with van der Waals surface area (Å²) < 4.78 is 37.4. The lowest BCUT2D eigenvalue weighted by molar-refractivity contribution is -0.137. The van der Waals surface area contributed by atoms with E-state index in [1.807, 2.05) is 6.92 Å². The van der Waals surface area contributed by atoms with Crippen molar-refractivity contribution in [2.45, 2.75) is 45.4 Å². The van der Waals surface area contributed by atoms with Gasteiger partial charge in [0.15, 0.2) is 0 Å². The van der Waals surface area contributed by atoms with E-state index in [9.17, 15) is 18.3 Å². The maximum atomic E-state index is 12.5. The molecule has 2 atom stereocenters. The molecule has 1 nitrogen and oxygen atoms in total. The van der Waals surface area contributed by atoms with Gasteiger partial charge in [0.2, 0.25) is 0 Å². The molecule has 17 heavy (non-hydrogen) atoms. The van der Waals surface area contributed by atoms with Crippen LogP contribution in [0.5, 0.6) is 0 Å². The van der Waals surface area contributed by atoms with Crippen molar-refractivity contribution in [3.05, 3.63) is 34.9 Å². The predicted molar refractivity (Wildman–Crippen MR) is 60.9 cm³/mol. The van der Waals surface area contributed by atoms with Gasteiger partial charge in [0.1, 0.15) is 0 Å². The zero-order valence-corrected chi connectivity index (χ0v) is 10.2. The van der Waals surface area contributed by atoms with Gasteiger partial charge in [0.05, 0.1) is 11.7 Å². The quantitative estimate of drug-likeness (QED) is 0.857. The van der Waals surface area contributed by atoms with E-state index in [4.69, 9.17) is 0 Å². The van der Waals surface area contributed by atoms with Crippen molar-refractivity contribution >= 4 is 0 Å². The Morgan fingerprint density at radius 1 is 1.24 bits per heavy atom. The third-order valence-corrected chi connectivity index (χ3v) is 2.82. The number of hydrogen-bond donors (Lipinski definition) is 1. The third-order valence-electron chi connectivity index (χ3n) is 2.82. The summed E-state index contributed by atoms with van der Waals surface area (Å²) in [5.74, 6) is 0.0530. The van der Waals surface area contributed by atoms with Crippen LogP contribution in [0.25, 0.3) is 0 Å². The van der Waals surface area contributed by atoms with Crippen LogP contribution in [0.4, 0.5) is 13.2 Å². The summed E-state index contributed by atoms with van der Waals surface area (Å²) in [4.78, 5) is 0. The van der Waals surface area contributed by atoms with E-state index >= 15 is 0 Å². The summed E-state index contributed by atoms with van der Waals surface area (Å²) in [5, 5.41) is 9.28. The van der Waals surface area contributed by atoms with Crippen molar-refractivity contribution in [2.75, 3.05) is 0 Å². The van der Waals surface area contributed by atoms with Crippen LogP contribution < -0.4 is 0 Å². The number of hydrogen-bond acceptors (Lipinski definition) is 1. The van der Waals surface area contributed by atoms with Crippen LogP contribution in [0.2, 0.25) is 0 Å². The number of aliphatic hydroxyl groups excluding tert-OH is 1. The van der Waals surface area contributed by atoms with E-state index in [1.165, 1.54) is 6.07 Å². The Bertz CT molecular complexity index is 383. The topological polar surface area (TPSA) is 20.2 Å². The van der Waals surface area contributed by atoms with Crippen molar-refractivity contribution in [1.29, 1.82) is 0 Å². The molecule has 0 aliphatic heterocycles. The Kier molecular flexibility index (Phi) is 4.20. The van der Waals surface area contributed by atoms with Gasteiger partial charge < -0.3 is 5.11 Å². The summed E-state index contributed by atoms with van der Waals surface area (Å²) in [6, 6.07) is 3.76. The molecule has 1 aromatic carbocycles. The molecule has 0 heterocycles. The van der Waals surface area contributed by atoms with Crippen molar-refractivity contribution in [1.82, 2.24) is 0 Å². The average Bonchev–Trinajstić information content (AvgIpc) is 2.14. The Morgan fingerprint density at radius 2 is 1.82 bits per heavy atom. The smallest absolute Gasteiger partial charge is 0.393 e. The van der Waals surface area contributed by atoms with Gasteiger partial charge in [-0.1, -0.05) is 13.0 Å². The molecular formula is C13H17F3O. The molecule has 0 bridgehead atoms. The van der Waals surface area contributed by atoms with Crippen molar-refractivity contribution in [2.24, 2.45) is 0 Å². The van der Waals surface area contributed by atoms with Gasteiger partial charge >= 0.3 is 6.18 Å². The molecule has 0 saturated heterocycles. The highest BCUT2D eigenvalue weighted by Crippen LogP contribution is 2.32. The maximum absolute atomic E-state index is 12.5. The van der Waals surface area contributed by atoms with Crippen LogP contribution in [0.3, 0.4) is 0 Å². The monoisotopic (exact) mass is 246 g/mol. The molecular weight excluding hydrogens is 229 g/mol. The van der Waals surface area contributed by atoms with Gasteiger partial charge in [-0.15, -0.1) is 0 Å². The molecule has 1 rings (SSSR count). The first-order chi connectivity index (χ1) is 7.71. The van der Waals surface area contributed by atoms with E-state index in [2.05, 4.69) is 0 Å². The van der Waals surface area contributed by atoms with Crippen LogP contribution in [0.1, 0.15) is 42.9 Å². The first-order valence-electron chi connectivity index (χ1n) is 5.57. The Hall–Kier alpha value is -1.03. The van der Waals surface area contributed by atoms with Gasteiger partial charge in [-0.25, -0.2) is 0 Å². The molecule has 0 amide bonds. The summed E-state index contributed by atoms with van der Waals surface area (Å²) in [6.45, 7) is 5.25. The van der Waals surface area contributed by atoms with E-state index < -0.39 is 17.8 Å². The second kappa shape index (κ2) is 5.08. The molecule has 4 heteroatoms. The van der Waals surface area contributed by atoms with Crippen LogP contribution >= 0.6 is 0 Å².